The molecule has 0 saturated heterocycles. The second-order valence-corrected chi connectivity index (χ2v) is 3.54. The minimum Gasteiger partial charge on any atom is -0.388 e. The Balaban J connectivity index is 2.32. The fraction of sp³-hybridized carbons (Fsp3) is 0.455. The fourth-order valence-electron chi connectivity index (χ4n) is 1.31. The quantitative estimate of drug-likeness (QED) is 0.603. The number of hydrogen-bond donors (Lipinski definition) is 3. The average molecular weight is 196 g/mol. The second kappa shape index (κ2) is 5.75. The molecule has 3 heteroatoms. The van der Waals surface area contributed by atoms with Crippen molar-refractivity contribution in [2.75, 3.05) is 13.1 Å². The van der Waals surface area contributed by atoms with Gasteiger partial charge in [-0.05, 0) is 12.5 Å². The predicted octanol–water partition coefficient (Wildman–Crippen LogP) is -0.336. The molecule has 0 aromatic heterocycles. The molecule has 3 nitrogen and oxygen atoms in total. The summed E-state index contributed by atoms with van der Waals surface area (Å²) >= 11 is 0. The summed E-state index contributed by atoms with van der Waals surface area (Å²) in [6.07, 6.45) is -0.770. The van der Waals surface area contributed by atoms with Crippen molar-refractivity contribution >= 4 is 0 Å². The van der Waals surface area contributed by atoms with Gasteiger partial charge in [-0.2, -0.15) is 0 Å². The number of hydrogen-bond acceptors (Lipinski definition) is 2. The van der Waals surface area contributed by atoms with E-state index in [-0.39, 0.29) is 6.10 Å². The van der Waals surface area contributed by atoms with Gasteiger partial charge in [-0.15, -0.1) is 0 Å². The van der Waals surface area contributed by atoms with Gasteiger partial charge in [0.1, 0.15) is 19.2 Å². The molecule has 0 radical (unpaired) electrons. The normalized spacial score (nSPS) is 15.1. The molecule has 0 saturated carbocycles. The first kappa shape index (κ1) is 11.2. The van der Waals surface area contributed by atoms with Crippen molar-refractivity contribution in [3.8, 4) is 0 Å². The van der Waals surface area contributed by atoms with Crippen LogP contribution in [0.15, 0.2) is 30.3 Å². The Morgan fingerprint density at radius 1 is 1.14 bits per heavy atom. The van der Waals surface area contributed by atoms with E-state index in [0.29, 0.717) is 13.1 Å². The van der Waals surface area contributed by atoms with Gasteiger partial charge < -0.3 is 15.5 Å². The van der Waals surface area contributed by atoms with Crippen molar-refractivity contribution in [1.82, 2.24) is 0 Å². The Morgan fingerprint density at radius 3 is 2.36 bits per heavy atom. The van der Waals surface area contributed by atoms with E-state index >= 15 is 0 Å². The zero-order chi connectivity index (χ0) is 10.4. The summed E-state index contributed by atoms with van der Waals surface area (Å²) in [4.78, 5) is 0. The van der Waals surface area contributed by atoms with Gasteiger partial charge in [-0.1, -0.05) is 30.3 Å². The molecular formula is C11H18NO2+. The topological polar surface area (TPSA) is 57.1 Å². The molecule has 4 N–H and O–H groups in total. The van der Waals surface area contributed by atoms with Crippen LogP contribution in [0.2, 0.25) is 0 Å². The highest BCUT2D eigenvalue weighted by Crippen LogP contribution is 2.08. The minimum atomic E-state index is -0.449. The summed E-state index contributed by atoms with van der Waals surface area (Å²) in [6.45, 7) is 2.96. The monoisotopic (exact) mass is 196 g/mol. The van der Waals surface area contributed by atoms with Gasteiger partial charge in [0.15, 0.2) is 0 Å². The van der Waals surface area contributed by atoms with Crippen LogP contribution in [0.25, 0.3) is 0 Å². The lowest BCUT2D eigenvalue weighted by Gasteiger charge is -2.10. The number of rotatable bonds is 5. The lowest BCUT2D eigenvalue weighted by molar-refractivity contribution is -0.667. The van der Waals surface area contributed by atoms with Crippen LogP contribution in [0.4, 0.5) is 0 Å². The van der Waals surface area contributed by atoms with Crippen LogP contribution in [0.1, 0.15) is 18.6 Å². The Hall–Kier alpha value is -0.900. The number of aliphatic hydroxyl groups excluding tert-OH is 2. The molecule has 0 amide bonds. The number of benzene rings is 1. The predicted molar refractivity (Wildman–Crippen MR) is 54.7 cm³/mol. The third kappa shape index (κ3) is 3.87. The van der Waals surface area contributed by atoms with E-state index in [0.717, 1.165) is 5.56 Å². The van der Waals surface area contributed by atoms with Gasteiger partial charge >= 0.3 is 0 Å². The van der Waals surface area contributed by atoms with E-state index in [1.165, 1.54) is 0 Å². The first-order valence-electron chi connectivity index (χ1n) is 4.93. The van der Waals surface area contributed by atoms with Crippen LogP contribution in [-0.4, -0.2) is 29.4 Å². The third-order valence-electron chi connectivity index (χ3n) is 2.08. The van der Waals surface area contributed by atoms with Crippen LogP contribution < -0.4 is 5.32 Å². The fourth-order valence-corrected chi connectivity index (χ4v) is 1.31. The largest absolute Gasteiger partial charge is 0.388 e. The van der Waals surface area contributed by atoms with Crippen molar-refractivity contribution in [3.05, 3.63) is 35.9 Å². The van der Waals surface area contributed by atoms with Gasteiger partial charge in [-0.25, -0.2) is 0 Å². The van der Waals surface area contributed by atoms with Crippen LogP contribution >= 0.6 is 0 Å². The molecule has 0 aliphatic heterocycles. The molecule has 0 aliphatic rings. The number of aliphatic hydroxyl groups is 2. The van der Waals surface area contributed by atoms with Crippen molar-refractivity contribution in [2.24, 2.45) is 0 Å². The lowest BCUT2D eigenvalue weighted by atomic mass is 10.1. The zero-order valence-corrected chi connectivity index (χ0v) is 8.43. The third-order valence-corrected chi connectivity index (χ3v) is 2.08. The molecule has 0 bridgehead atoms. The highest BCUT2D eigenvalue weighted by molar-refractivity contribution is 5.16. The maximum atomic E-state index is 9.72. The standard InChI is InChI=1S/C11H17NO2/c1-9(13)7-12-8-11(14)10-5-3-2-4-6-10/h2-6,9,11-14H,7-8H2,1H3/p+1/t9-,11-/m1/s1. The molecular weight excluding hydrogens is 178 g/mol. The number of nitrogens with two attached hydrogens (primary N) is 1. The van der Waals surface area contributed by atoms with Crippen LogP contribution in [0.3, 0.4) is 0 Å². The number of quaternary nitrogens is 1. The molecule has 1 aromatic rings. The first-order chi connectivity index (χ1) is 6.70. The van der Waals surface area contributed by atoms with Crippen molar-refractivity contribution in [1.29, 1.82) is 0 Å². The summed E-state index contributed by atoms with van der Waals surface area (Å²) in [7, 11) is 0. The Labute approximate surface area is 84.4 Å². The summed E-state index contributed by atoms with van der Waals surface area (Å²) in [5.41, 5.74) is 0.925. The van der Waals surface area contributed by atoms with E-state index in [1.54, 1.807) is 6.92 Å². The summed E-state index contributed by atoms with van der Waals surface area (Å²) in [6, 6.07) is 9.55. The molecule has 14 heavy (non-hydrogen) atoms. The summed E-state index contributed by atoms with van der Waals surface area (Å²) in [5, 5.41) is 20.7. The second-order valence-electron chi connectivity index (χ2n) is 3.54. The Morgan fingerprint density at radius 2 is 1.79 bits per heavy atom. The van der Waals surface area contributed by atoms with Gasteiger partial charge in [0.2, 0.25) is 0 Å². The highest BCUT2D eigenvalue weighted by atomic mass is 16.3. The van der Waals surface area contributed by atoms with Gasteiger partial charge in [0, 0.05) is 0 Å². The molecule has 0 aliphatic carbocycles. The van der Waals surface area contributed by atoms with Gasteiger partial charge in [0.25, 0.3) is 0 Å². The lowest BCUT2D eigenvalue weighted by Crippen LogP contribution is -2.87. The Bertz CT molecular complexity index is 249. The molecule has 0 unspecified atom stereocenters. The minimum absolute atomic E-state index is 0.321. The molecule has 1 rings (SSSR count). The van der Waals surface area contributed by atoms with E-state index < -0.39 is 6.10 Å². The molecule has 0 heterocycles. The Kier molecular flexibility index (Phi) is 4.59. The maximum Gasteiger partial charge on any atom is 0.128 e. The zero-order valence-electron chi connectivity index (χ0n) is 8.43. The van der Waals surface area contributed by atoms with Crippen LogP contribution in [-0.2, 0) is 0 Å². The SMILES string of the molecule is C[C@@H](O)C[NH2+]C[C@@H](O)c1ccccc1. The van der Waals surface area contributed by atoms with E-state index in [1.807, 2.05) is 35.6 Å². The van der Waals surface area contributed by atoms with Gasteiger partial charge in [-0.3, -0.25) is 0 Å². The molecule has 0 fully saturated rings. The van der Waals surface area contributed by atoms with Crippen LogP contribution in [0, 0.1) is 0 Å². The smallest absolute Gasteiger partial charge is 0.128 e. The van der Waals surface area contributed by atoms with Crippen molar-refractivity contribution in [2.45, 2.75) is 19.1 Å². The van der Waals surface area contributed by atoms with E-state index in [9.17, 15) is 5.11 Å². The molecule has 1 aromatic carbocycles. The van der Waals surface area contributed by atoms with Gasteiger partial charge in [0.05, 0.1) is 6.10 Å². The van der Waals surface area contributed by atoms with Crippen molar-refractivity contribution < 1.29 is 15.5 Å². The maximum absolute atomic E-state index is 9.72. The highest BCUT2D eigenvalue weighted by Gasteiger charge is 2.08. The average Bonchev–Trinajstić information content (AvgIpc) is 2.18. The van der Waals surface area contributed by atoms with Crippen molar-refractivity contribution in [3.63, 3.8) is 0 Å². The van der Waals surface area contributed by atoms with E-state index in [2.05, 4.69) is 0 Å². The summed E-state index contributed by atoms with van der Waals surface area (Å²) in [5.74, 6) is 0. The molecule has 78 valence electrons. The summed E-state index contributed by atoms with van der Waals surface area (Å²) < 4.78 is 0. The van der Waals surface area contributed by atoms with Crippen LogP contribution in [0.5, 0.6) is 0 Å². The molecule has 2 atom stereocenters. The first-order valence-corrected chi connectivity index (χ1v) is 4.93. The molecule has 0 spiro atoms. The van der Waals surface area contributed by atoms with E-state index in [4.69, 9.17) is 5.11 Å².